The van der Waals surface area contributed by atoms with Crippen LogP contribution in [0.5, 0.6) is 17.4 Å². The van der Waals surface area contributed by atoms with Gasteiger partial charge in [-0.05, 0) is 114 Å². The summed E-state index contributed by atoms with van der Waals surface area (Å²) in [6.07, 6.45) is -4.89. The Morgan fingerprint density at radius 1 is 0.778 bits per heavy atom. The largest absolute Gasteiger partial charge is 0.493 e. The number of nitrogens with two attached hydrogens (primary N) is 1. The molecule has 2 aliphatic heterocycles. The van der Waals surface area contributed by atoms with Gasteiger partial charge in [-0.3, -0.25) is 24.3 Å². The minimum Gasteiger partial charge on any atom is -0.493 e. The molecule has 2 aromatic rings. The van der Waals surface area contributed by atoms with Crippen molar-refractivity contribution in [2.45, 2.75) is 165 Å². The van der Waals surface area contributed by atoms with E-state index in [0.29, 0.717) is 49.8 Å². The molecule has 0 saturated carbocycles. The van der Waals surface area contributed by atoms with E-state index in [1.54, 1.807) is 83.1 Å². The molecular formula is C47H73N3O13. The van der Waals surface area contributed by atoms with E-state index in [1.165, 1.54) is 0 Å². The zero-order valence-electron chi connectivity index (χ0n) is 40.0. The first-order chi connectivity index (χ1) is 29.2. The summed E-state index contributed by atoms with van der Waals surface area (Å²) in [5, 5.41) is 7.76. The van der Waals surface area contributed by atoms with Gasteiger partial charge in [0.1, 0.15) is 30.3 Å². The maximum absolute atomic E-state index is 13.9. The van der Waals surface area contributed by atoms with Crippen LogP contribution in [0.4, 0.5) is 0 Å². The van der Waals surface area contributed by atoms with Gasteiger partial charge in [-0.2, -0.15) is 0 Å². The van der Waals surface area contributed by atoms with Gasteiger partial charge in [0.2, 0.25) is 18.3 Å². The summed E-state index contributed by atoms with van der Waals surface area (Å²) in [6, 6.07) is 5.69. The quantitative estimate of drug-likeness (QED) is 0.0991. The molecule has 354 valence electrons. The molecule has 4 rings (SSSR count). The smallest absolute Gasteiger partial charge is 0.311 e. The molecule has 0 spiro atoms. The fourth-order valence-corrected chi connectivity index (χ4v) is 6.32. The molecule has 0 aliphatic carbocycles. The van der Waals surface area contributed by atoms with Crippen LogP contribution in [-0.2, 0) is 54.0 Å². The van der Waals surface area contributed by atoms with Crippen molar-refractivity contribution in [3.63, 3.8) is 0 Å². The van der Waals surface area contributed by atoms with Crippen LogP contribution in [0.15, 0.2) is 18.2 Å². The Morgan fingerprint density at radius 3 is 1.87 bits per heavy atom. The molecule has 1 aromatic carbocycles. The lowest BCUT2D eigenvalue weighted by Crippen LogP contribution is -2.65. The summed E-state index contributed by atoms with van der Waals surface area (Å²) in [7, 11) is 0. The second-order valence-electron chi connectivity index (χ2n) is 20.8. The lowest BCUT2D eigenvalue weighted by atomic mass is 9.93. The molecule has 0 radical (unpaired) electrons. The van der Waals surface area contributed by atoms with Crippen molar-refractivity contribution in [3.05, 3.63) is 35.0 Å². The van der Waals surface area contributed by atoms with Gasteiger partial charge in [0, 0.05) is 36.6 Å². The Labute approximate surface area is 373 Å². The second-order valence-corrected chi connectivity index (χ2v) is 20.8. The van der Waals surface area contributed by atoms with Crippen LogP contribution in [-0.4, -0.2) is 104 Å². The zero-order valence-corrected chi connectivity index (χ0v) is 40.0. The minimum absolute atomic E-state index is 0.0587. The molecule has 16 heteroatoms. The maximum Gasteiger partial charge on any atom is 0.311 e. The first kappa shape index (κ1) is 51.2. The lowest BCUT2D eigenvalue weighted by Gasteiger charge is -2.45. The van der Waals surface area contributed by atoms with Crippen molar-refractivity contribution in [2.75, 3.05) is 33.0 Å². The predicted molar refractivity (Wildman–Crippen MR) is 233 cm³/mol. The van der Waals surface area contributed by atoms with E-state index < -0.39 is 82.8 Å². The Bertz CT molecular complexity index is 1860. The molecule has 2 aliphatic rings. The number of H-pyrrole nitrogens is 1. The number of aromatic amines is 1. The molecule has 0 amide bonds. The fourth-order valence-electron chi connectivity index (χ4n) is 6.32. The van der Waals surface area contributed by atoms with Crippen molar-refractivity contribution in [2.24, 2.45) is 27.4 Å². The van der Waals surface area contributed by atoms with E-state index in [1.807, 2.05) is 32.0 Å². The average Bonchev–Trinajstić information content (AvgIpc) is 3.57. The molecule has 2 fully saturated rings. The fraction of sp³-hybridized carbons (Fsp3) is 0.723. The highest BCUT2D eigenvalue weighted by atomic mass is 16.7. The molecule has 0 bridgehead atoms. The first-order valence-corrected chi connectivity index (χ1v) is 22.1. The van der Waals surface area contributed by atoms with E-state index in [2.05, 4.69) is 10.2 Å². The normalized spacial score (nSPS) is 21.4. The zero-order chi connectivity index (χ0) is 47.1. The molecule has 0 unspecified atom stereocenters. The molecular weight excluding hydrogens is 815 g/mol. The summed E-state index contributed by atoms with van der Waals surface area (Å²) < 4.78 is 55.9. The molecule has 63 heavy (non-hydrogen) atoms. The van der Waals surface area contributed by atoms with Gasteiger partial charge in [-0.1, -0.05) is 19.9 Å². The van der Waals surface area contributed by atoms with Crippen LogP contribution in [0.3, 0.4) is 0 Å². The van der Waals surface area contributed by atoms with Crippen LogP contribution in [0.2, 0.25) is 0 Å². The third-order valence-corrected chi connectivity index (χ3v) is 10.3. The number of carbonyl (C=O) groups excluding carboxylic acids is 4. The van der Waals surface area contributed by atoms with Crippen LogP contribution in [0.1, 0.15) is 139 Å². The number of nitrogens with one attached hydrogen (secondary N) is 1. The Hall–Kier alpha value is -4.41. The highest BCUT2D eigenvalue weighted by Crippen LogP contribution is 2.38. The third-order valence-electron chi connectivity index (χ3n) is 10.3. The highest BCUT2D eigenvalue weighted by Gasteiger charge is 2.56. The minimum atomic E-state index is -1.53. The molecule has 1 aromatic heterocycles. The number of nitrogens with zero attached hydrogens (tertiary/aromatic N) is 1. The summed E-state index contributed by atoms with van der Waals surface area (Å²) in [5.74, 6) is -1.26. The van der Waals surface area contributed by atoms with Crippen LogP contribution >= 0.6 is 0 Å². The standard InChI is InChI=1S/C47H73N3O13/c1-27(2)34-31(24-28-16-17-30(56-21-15-20-48)25-32(28)58-29-18-22-55-23-19-29)38(50-49-34)63-39-37(62-43(54)47(12,13)14)36(61-42(53)46(9,10)11)35(60-41(52)45(6,7)8)33(59-39)26-57-40(51)44(3,4)5/h16-17,25,27,29,33,35-37,39H,15,18-24,26,48H2,1-14H3,(H,49,50)/t33-,35-,36+,37-,39+/m1/s1. The molecule has 3 N–H and O–H groups in total. The van der Waals surface area contributed by atoms with Crippen molar-refractivity contribution in [1.82, 2.24) is 10.2 Å². The second kappa shape index (κ2) is 21.1. The Morgan fingerprint density at radius 2 is 1.33 bits per heavy atom. The van der Waals surface area contributed by atoms with Crippen LogP contribution < -0.4 is 19.9 Å². The van der Waals surface area contributed by atoms with Gasteiger partial charge >= 0.3 is 23.9 Å². The summed E-state index contributed by atoms with van der Waals surface area (Å²) >= 11 is 0. The van der Waals surface area contributed by atoms with Gasteiger partial charge < -0.3 is 48.4 Å². The number of hydrogen-bond acceptors (Lipinski definition) is 15. The number of aromatic nitrogens is 2. The molecule has 3 heterocycles. The van der Waals surface area contributed by atoms with Gasteiger partial charge in [0.15, 0.2) is 12.2 Å². The summed E-state index contributed by atoms with van der Waals surface area (Å²) in [4.78, 5) is 54.6. The number of ether oxygens (including phenoxy) is 9. The molecule has 16 nitrogen and oxygen atoms in total. The van der Waals surface area contributed by atoms with Crippen molar-refractivity contribution < 1.29 is 61.8 Å². The average molecular weight is 888 g/mol. The van der Waals surface area contributed by atoms with E-state index >= 15 is 0 Å². The Kier molecular flexibility index (Phi) is 17.1. The number of hydrogen-bond donors (Lipinski definition) is 2. The lowest BCUT2D eigenvalue weighted by molar-refractivity contribution is -0.294. The summed E-state index contributed by atoms with van der Waals surface area (Å²) in [5.41, 5.74) is 3.95. The first-order valence-electron chi connectivity index (χ1n) is 22.1. The number of esters is 4. The van der Waals surface area contributed by atoms with Crippen LogP contribution in [0.25, 0.3) is 0 Å². The third kappa shape index (κ3) is 14.3. The van der Waals surface area contributed by atoms with Crippen molar-refractivity contribution in [1.29, 1.82) is 0 Å². The van der Waals surface area contributed by atoms with Gasteiger partial charge in [0.25, 0.3) is 0 Å². The van der Waals surface area contributed by atoms with E-state index in [-0.39, 0.29) is 24.3 Å². The van der Waals surface area contributed by atoms with E-state index in [4.69, 9.17) is 48.4 Å². The van der Waals surface area contributed by atoms with E-state index in [9.17, 15) is 19.2 Å². The van der Waals surface area contributed by atoms with E-state index in [0.717, 1.165) is 24.1 Å². The van der Waals surface area contributed by atoms with Gasteiger partial charge in [-0.25, -0.2) is 0 Å². The topological polar surface area (TPSA) is 206 Å². The number of carbonyl (C=O) groups is 4. The summed E-state index contributed by atoms with van der Waals surface area (Å²) in [6.45, 7) is 25.8. The number of benzene rings is 1. The number of rotatable bonds is 16. The predicted octanol–water partition coefficient (Wildman–Crippen LogP) is 6.98. The molecule has 5 atom stereocenters. The Balaban J connectivity index is 1.87. The van der Waals surface area contributed by atoms with Crippen LogP contribution in [0, 0.1) is 21.7 Å². The molecule has 2 saturated heterocycles. The van der Waals surface area contributed by atoms with Gasteiger partial charge in [0.05, 0.1) is 41.5 Å². The van der Waals surface area contributed by atoms with Gasteiger partial charge in [-0.15, -0.1) is 5.10 Å². The highest BCUT2D eigenvalue weighted by molar-refractivity contribution is 5.78. The SMILES string of the molecule is CC(C)c1[nH]nc(O[C@@H]2O[C@H](COC(=O)C(C)(C)C)[C@@H](OC(=O)C(C)(C)C)[C@H](OC(=O)C(C)(C)C)[C@H]2OC(=O)C(C)(C)C)c1Cc1ccc(OCCCN)cc1OC1CCOCC1. The maximum atomic E-state index is 13.9. The monoisotopic (exact) mass is 888 g/mol. The van der Waals surface area contributed by atoms with Crippen molar-refractivity contribution in [3.8, 4) is 17.4 Å². The van der Waals surface area contributed by atoms with Crippen molar-refractivity contribution >= 4 is 23.9 Å².